The van der Waals surface area contributed by atoms with Crippen LogP contribution in [0.2, 0.25) is 5.02 Å². The van der Waals surface area contributed by atoms with Crippen molar-refractivity contribution in [1.29, 1.82) is 0 Å². The smallest absolute Gasteiger partial charge is 0.188 e. The molecule has 0 aromatic heterocycles. The largest absolute Gasteiger partial charge is 0.493 e. The topological polar surface area (TPSA) is 61.8 Å². The number of fused-ring (bicyclic) bond motifs is 4. The zero-order valence-electron chi connectivity index (χ0n) is 20.0. The molecule has 2 aromatic rings. The van der Waals surface area contributed by atoms with Gasteiger partial charge in [0.25, 0.3) is 0 Å². The maximum atomic E-state index is 14.7. The van der Waals surface area contributed by atoms with Gasteiger partial charge in [-0.3, -0.25) is 0 Å². The van der Waals surface area contributed by atoms with E-state index in [4.69, 9.17) is 25.4 Å². The molecule has 2 fully saturated rings. The van der Waals surface area contributed by atoms with Gasteiger partial charge in [0, 0.05) is 28.6 Å². The molecule has 4 atom stereocenters. The van der Waals surface area contributed by atoms with Gasteiger partial charge in [-0.25, -0.2) is 8.42 Å². The number of sulfone groups is 1. The first kappa shape index (κ1) is 24.4. The Morgan fingerprint density at radius 3 is 2.47 bits per heavy atom. The van der Waals surface area contributed by atoms with Crippen LogP contribution in [0.25, 0.3) is 0 Å². The van der Waals surface area contributed by atoms with Gasteiger partial charge in [0.2, 0.25) is 0 Å². The van der Waals surface area contributed by atoms with Crippen molar-refractivity contribution in [3.05, 3.63) is 58.1 Å². The van der Waals surface area contributed by atoms with Crippen molar-refractivity contribution in [3.63, 3.8) is 0 Å². The number of rotatable bonds is 2. The van der Waals surface area contributed by atoms with E-state index < -0.39 is 21.9 Å². The van der Waals surface area contributed by atoms with Crippen molar-refractivity contribution < 1.29 is 22.2 Å². The molecule has 5 nitrogen and oxygen atoms in total. The molecule has 1 aliphatic carbocycles. The summed E-state index contributed by atoms with van der Waals surface area (Å²) in [6.07, 6.45) is 7.09. The van der Waals surface area contributed by atoms with Crippen molar-refractivity contribution in [1.82, 2.24) is 0 Å². The molecular weight excluding hydrogens is 491 g/mol. The van der Waals surface area contributed by atoms with E-state index in [1.807, 2.05) is 32.6 Å². The third-order valence-electron chi connectivity index (χ3n) is 8.10. The van der Waals surface area contributed by atoms with Crippen LogP contribution in [-0.2, 0) is 23.6 Å². The zero-order valence-corrected chi connectivity index (χ0v) is 22.4. The minimum absolute atomic E-state index is 0.274. The molecule has 1 saturated carbocycles. The molecule has 1 spiro atoms. The second-order valence-corrected chi connectivity index (χ2v) is 15.4. The van der Waals surface area contributed by atoms with Crippen LogP contribution in [0.1, 0.15) is 42.4 Å². The molecule has 5 rings (SSSR count). The summed E-state index contributed by atoms with van der Waals surface area (Å²) in [6.45, 7) is 7.19. The van der Waals surface area contributed by atoms with Gasteiger partial charge in [-0.05, 0) is 68.5 Å². The molecule has 1 saturated heterocycles. The molecule has 2 aliphatic heterocycles. The van der Waals surface area contributed by atoms with E-state index in [9.17, 15) is 8.42 Å². The molecule has 184 valence electrons. The molecule has 0 N–H and O–H groups in total. The van der Waals surface area contributed by atoms with Gasteiger partial charge in [0.1, 0.15) is 17.8 Å². The van der Waals surface area contributed by atoms with E-state index in [0.717, 1.165) is 36.0 Å². The van der Waals surface area contributed by atoms with E-state index in [0.29, 0.717) is 41.9 Å². The fraction of sp³-hybridized carbons (Fsp3) is 0.500. The number of aryl methyl sites for hydroxylation is 2. The summed E-state index contributed by atoms with van der Waals surface area (Å²) in [6, 6.07) is 10.6. The maximum absolute atomic E-state index is 14.7. The normalized spacial score (nSPS) is 33.5. The molecule has 0 amide bonds. The third-order valence-corrected chi connectivity index (χ3v) is 12.3. The van der Waals surface area contributed by atoms with Crippen LogP contribution in [0.15, 0.2) is 41.3 Å². The lowest BCUT2D eigenvalue weighted by Gasteiger charge is -2.56. The van der Waals surface area contributed by atoms with Crippen molar-refractivity contribution in [3.8, 4) is 5.75 Å². The minimum atomic E-state index is -3.81. The Morgan fingerprint density at radius 1 is 1.03 bits per heavy atom. The molecule has 0 radical (unpaired) electrons. The lowest BCUT2D eigenvalue weighted by atomic mass is 9.57. The lowest BCUT2D eigenvalue weighted by Crippen LogP contribution is -2.59. The molecule has 1 unspecified atom stereocenters. The molecule has 2 heterocycles. The van der Waals surface area contributed by atoms with Crippen molar-refractivity contribution in [2.24, 2.45) is 11.3 Å². The first-order valence-electron chi connectivity index (χ1n) is 11.8. The fourth-order valence-corrected chi connectivity index (χ4v) is 10.1. The third kappa shape index (κ3) is 3.60. The minimum Gasteiger partial charge on any atom is -0.493 e. The van der Waals surface area contributed by atoms with Gasteiger partial charge in [-0.15, -0.1) is 0 Å². The molecule has 8 heteroatoms. The van der Waals surface area contributed by atoms with Crippen LogP contribution >= 0.6 is 18.9 Å². The van der Waals surface area contributed by atoms with Crippen LogP contribution in [-0.4, -0.2) is 41.2 Å². The lowest BCUT2D eigenvalue weighted by molar-refractivity contribution is -0.0296. The summed E-state index contributed by atoms with van der Waals surface area (Å²) in [5, 5.41) is 0.514. The Kier molecular flexibility index (Phi) is 6.02. The molecular formula is C26H32ClO5PS. The van der Waals surface area contributed by atoms with E-state index in [2.05, 4.69) is 6.30 Å². The average molecular weight is 523 g/mol. The molecule has 2 aromatic carbocycles. The molecule has 34 heavy (non-hydrogen) atoms. The van der Waals surface area contributed by atoms with E-state index >= 15 is 0 Å². The average Bonchev–Trinajstić information content (AvgIpc) is 2.94. The van der Waals surface area contributed by atoms with Crippen molar-refractivity contribution in [2.75, 3.05) is 26.5 Å². The number of ether oxygens (including phenoxy) is 1. The first-order chi connectivity index (χ1) is 16.0. The summed E-state index contributed by atoms with van der Waals surface area (Å²) in [4.78, 5) is 0.299. The summed E-state index contributed by atoms with van der Waals surface area (Å²) in [5.41, 5.74) is 2.34. The van der Waals surface area contributed by atoms with Crippen LogP contribution in [0.5, 0.6) is 5.75 Å². The molecule has 0 bridgehead atoms. The summed E-state index contributed by atoms with van der Waals surface area (Å²) in [5.74, 6) is 0.440. The highest BCUT2D eigenvalue weighted by atomic mass is 35.5. The highest BCUT2D eigenvalue weighted by molar-refractivity contribution is 7.92. The fourth-order valence-electron chi connectivity index (χ4n) is 6.39. The molecule has 3 aliphatic rings. The Hall–Kier alpha value is -1.30. The van der Waals surface area contributed by atoms with Gasteiger partial charge in [0.05, 0.1) is 24.7 Å². The predicted molar refractivity (Wildman–Crippen MR) is 138 cm³/mol. The van der Waals surface area contributed by atoms with E-state index in [1.165, 1.54) is 0 Å². The number of hydrogen-bond donors (Lipinski definition) is 0. The van der Waals surface area contributed by atoms with Gasteiger partial charge in [0.15, 0.2) is 9.84 Å². The number of hydrogen-bond acceptors (Lipinski definition) is 5. The number of halogens is 1. The van der Waals surface area contributed by atoms with Gasteiger partial charge in [-0.1, -0.05) is 36.5 Å². The second-order valence-electron chi connectivity index (χ2n) is 10.2. The summed E-state index contributed by atoms with van der Waals surface area (Å²) >= 11 is 6.12. The van der Waals surface area contributed by atoms with Crippen molar-refractivity contribution in [2.45, 2.75) is 49.2 Å². The van der Waals surface area contributed by atoms with Crippen LogP contribution in [0.4, 0.5) is 0 Å². The summed E-state index contributed by atoms with van der Waals surface area (Å²) in [7, 11) is -6.00. The highest BCUT2D eigenvalue weighted by Gasteiger charge is 2.64. The number of benzene rings is 2. The SMILES string of the molecule is C=P1(C)OCC[C@]2(CCC[C@@]3(S(=O)(=O)c4ccc(Cl)cc4)c4c(C)ccc(C)c4OC[C@@H]23)CO1. The second kappa shape index (κ2) is 8.38. The van der Waals surface area contributed by atoms with Crippen LogP contribution < -0.4 is 4.74 Å². The monoisotopic (exact) mass is 522 g/mol. The Balaban J connectivity index is 1.78. The van der Waals surface area contributed by atoms with Crippen LogP contribution in [0, 0.1) is 25.2 Å². The van der Waals surface area contributed by atoms with E-state index in [-0.39, 0.29) is 11.3 Å². The van der Waals surface area contributed by atoms with Gasteiger partial charge < -0.3 is 13.8 Å². The van der Waals surface area contributed by atoms with Gasteiger partial charge >= 0.3 is 0 Å². The Labute approximate surface area is 207 Å². The Morgan fingerprint density at radius 2 is 1.74 bits per heavy atom. The predicted octanol–water partition coefficient (Wildman–Crippen LogP) is 6.15. The summed E-state index contributed by atoms with van der Waals surface area (Å²) < 4.78 is 47.0. The first-order valence-corrected chi connectivity index (χ1v) is 15.9. The highest BCUT2D eigenvalue weighted by Crippen LogP contribution is 2.64. The maximum Gasteiger partial charge on any atom is 0.188 e. The van der Waals surface area contributed by atoms with E-state index in [1.54, 1.807) is 24.3 Å². The zero-order chi connectivity index (χ0) is 24.4. The Bertz CT molecular complexity index is 1270. The standard InChI is InChI=1S/C26H32ClO5PS/c1-18-6-7-19(2)24-23(18)26(34(28,29)21-10-8-20(27)9-11-21)13-5-12-25(22(26)16-30-24)14-15-31-33(3,4)32-17-25/h6-11,22H,3,5,12-17H2,1-2,4H3/t22-,25+,26-,33?/m0/s1. The quantitative estimate of drug-likeness (QED) is 0.443. The van der Waals surface area contributed by atoms with Gasteiger partial charge in [-0.2, -0.15) is 0 Å². The van der Waals surface area contributed by atoms with Crippen molar-refractivity contribution >= 4 is 35.1 Å². The van der Waals surface area contributed by atoms with Crippen LogP contribution in [0.3, 0.4) is 0 Å².